The summed E-state index contributed by atoms with van der Waals surface area (Å²) in [5.41, 5.74) is 2.21. The minimum atomic E-state index is -0.545. The number of carbonyl (C=O) groups excluding carboxylic acids is 2. The molecule has 134 valence electrons. The van der Waals surface area contributed by atoms with Crippen molar-refractivity contribution in [1.29, 1.82) is 0 Å². The summed E-state index contributed by atoms with van der Waals surface area (Å²) in [6.45, 7) is 0.478. The van der Waals surface area contributed by atoms with Crippen molar-refractivity contribution in [3.63, 3.8) is 0 Å². The second-order valence-electron chi connectivity index (χ2n) is 5.17. The number of alkyl carbamates (subject to hydrolysis) is 1. The van der Waals surface area contributed by atoms with Gasteiger partial charge in [-0.1, -0.05) is 65.8 Å². The van der Waals surface area contributed by atoms with E-state index in [1.165, 1.54) is 0 Å². The van der Waals surface area contributed by atoms with Gasteiger partial charge < -0.3 is 20.6 Å². The second-order valence-corrected chi connectivity index (χ2v) is 5.17. The van der Waals surface area contributed by atoms with Crippen molar-refractivity contribution in [2.75, 3.05) is 11.9 Å². The summed E-state index contributed by atoms with van der Waals surface area (Å²) in [7, 11) is 0. The van der Waals surface area contributed by atoms with E-state index in [0.29, 0.717) is 5.69 Å². The Morgan fingerprint density at radius 1 is 1.08 bits per heavy atom. The third-order valence-corrected chi connectivity index (χ3v) is 3.27. The van der Waals surface area contributed by atoms with Gasteiger partial charge in [0.2, 0.25) is 0 Å². The first-order chi connectivity index (χ1) is 12.7. The Kier molecular flexibility index (Phi) is 7.41. The molecule has 0 fully saturated rings. The Morgan fingerprint density at radius 2 is 1.81 bits per heavy atom. The minimum Gasteiger partial charge on any atom is -0.445 e. The lowest BCUT2D eigenvalue weighted by Crippen LogP contribution is -2.24. The Labute approximate surface area is 151 Å². The average molecular weight is 353 g/mol. The minimum absolute atomic E-state index is 0.206. The van der Waals surface area contributed by atoms with Crippen molar-refractivity contribution in [3.05, 3.63) is 71.8 Å². The molecule has 0 aromatic heterocycles. The smallest absolute Gasteiger partial charge is 0.407 e. The summed E-state index contributed by atoms with van der Waals surface area (Å²) in [6, 6.07) is 16.5. The molecule has 0 bridgehead atoms. The lowest BCUT2D eigenvalue weighted by Gasteiger charge is -2.07. The lowest BCUT2D eigenvalue weighted by atomic mass is 10.1. The zero-order chi connectivity index (χ0) is 18.6. The molecule has 26 heavy (non-hydrogen) atoms. The third-order valence-electron chi connectivity index (χ3n) is 3.27. The highest BCUT2D eigenvalue weighted by Gasteiger charge is 2.03. The van der Waals surface area contributed by atoms with E-state index >= 15 is 0 Å². The van der Waals surface area contributed by atoms with Crippen LogP contribution in [0.4, 0.5) is 10.5 Å². The molecule has 3 N–H and O–H groups in total. The summed E-state index contributed by atoms with van der Waals surface area (Å²) >= 11 is 0. The molecule has 0 saturated heterocycles. The number of rotatable bonds is 7. The molecule has 0 atom stereocenters. The molecule has 0 heterocycles. The number of para-hydroxylation sites is 1. The molecule has 0 aliphatic rings. The van der Waals surface area contributed by atoms with E-state index < -0.39 is 12.0 Å². The van der Waals surface area contributed by atoms with Crippen molar-refractivity contribution in [1.82, 2.24) is 5.32 Å². The molecule has 0 aliphatic heterocycles. The standard InChI is InChI=1S/C19H19N3O4/c23-18(13-21-25)22-17-11-5-4-9-16(17)10-6-12-20-19(24)26-14-15-7-2-1-3-8-15/h1-11,13,25H,12,14H2,(H,20,24)(H,22,23). The largest absolute Gasteiger partial charge is 0.445 e. The number of amides is 2. The van der Waals surface area contributed by atoms with E-state index in [9.17, 15) is 9.59 Å². The fourth-order valence-electron chi connectivity index (χ4n) is 2.08. The van der Waals surface area contributed by atoms with Crippen LogP contribution < -0.4 is 10.6 Å². The average Bonchev–Trinajstić information content (AvgIpc) is 2.66. The number of carbonyl (C=O) groups is 2. The molecule has 2 aromatic rings. The van der Waals surface area contributed by atoms with Gasteiger partial charge in [0.05, 0.1) is 0 Å². The summed E-state index contributed by atoms with van der Waals surface area (Å²) in [4.78, 5) is 23.1. The quantitative estimate of drug-likeness (QED) is 0.405. The number of benzene rings is 2. The molecule has 2 aromatic carbocycles. The molecular weight excluding hydrogens is 334 g/mol. The molecule has 0 unspecified atom stereocenters. The van der Waals surface area contributed by atoms with Gasteiger partial charge in [-0.3, -0.25) is 4.79 Å². The molecule has 2 amide bonds. The van der Waals surface area contributed by atoms with Crippen LogP contribution in [0.25, 0.3) is 6.08 Å². The molecule has 0 aliphatic carbocycles. The monoisotopic (exact) mass is 353 g/mol. The summed E-state index contributed by atoms with van der Waals surface area (Å²) < 4.78 is 5.10. The maximum atomic E-state index is 11.6. The van der Waals surface area contributed by atoms with Crippen LogP contribution in [0.1, 0.15) is 11.1 Å². The van der Waals surface area contributed by atoms with Crippen LogP contribution in [-0.4, -0.2) is 30.0 Å². The molecular formula is C19H19N3O4. The van der Waals surface area contributed by atoms with Crippen molar-refractivity contribution in [3.8, 4) is 0 Å². The normalized spacial score (nSPS) is 10.8. The predicted octanol–water partition coefficient (Wildman–Crippen LogP) is 3.02. The molecule has 2 rings (SSSR count). The first kappa shape index (κ1) is 18.7. The highest BCUT2D eigenvalue weighted by Crippen LogP contribution is 2.16. The first-order valence-corrected chi connectivity index (χ1v) is 7.87. The van der Waals surface area contributed by atoms with Crippen LogP contribution in [-0.2, 0) is 16.1 Å². The maximum absolute atomic E-state index is 11.6. The number of hydrogen-bond donors (Lipinski definition) is 3. The van der Waals surface area contributed by atoms with E-state index in [0.717, 1.165) is 17.3 Å². The zero-order valence-electron chi connectivity index (χ0n) is 14.0. The van der Waals surface area contributed by atoms with Crippen molar-refractivity contribution >= 4 is 30.0 Å². The number of hydrogen-bond acceptors (Lipinski definition) is 5. The van der Waals surface area contributed by atoms with Crippen LogP contribution in [0, 0.1) is 0 Å². The van der Waals surface area contributed by atoms with Gasteiger partial charge in [0.25, 0.3) is 5.91 Å². The Morgan fingerprint density at radius 3 is 2.58 bits per heavy atom. The topological polar surface area (TPSA) is 100 Å². The van der Waals surface area contributed by atoms with Crippen LogP contribution >= 0.6 is 0 Å². The van der Waals surface area contributed by atoms with Gasteiger partial charge >= 0.3 is 6.09 Å². The Bertz CT molecular complexity index is 788. The Balaban J connectivity index is 1.81. The molecule has 0 radical (unpaired) electrons. The van der Waals surface area contributed by atoms with Gasteiger partial charge in [0.15, 0.2) is 0 Å². The van der Waals surface area contributed by atoms with Gasteiger partial charge in [-0.15, -0.1) is 0 Å². The summed E-state index contributed by atoms with van der Waals surface area (Å²) in [5.74, 6) is -0.545. The highest BCUT2D eigenvalue weighted by molar-refractivity contribution is 6.31. The van der Waals surface area contributed by atoms with E-state index in [1.807, 2.05) is 36.4 Å². The van der Waals surface area contributed by atoms with E-state index in [-0.39, 0.29) is 13.2 Å². The van der Waals surface area contributed by atoms with Crippen LogP contribution in [0.2, 0.25) is 0 Å². The fourth-order valence-corrected chi connectivity index (χ4v) is 2.08. The van der Waals surface area contributed by atoms with Gasteiger partial charge in [0, 0.05) is 12.2 Å². The molecule has 0 spiro atoms. The van der Waals surface area contributed by atoms with Crippen LogP contribution in [0.15, 0.2) is 65.8 Å². The van der Waals surface area contributed by atoms with E-state index in [2.05, 4.69) is 15.8 Å². The van der Waals surface area contributed by atoms with Gasteiger partial charge in [-0.05, 0) is 17.2 Å². The SMILES string of the molecule is O=C(C=NO)Nc1ccccc1C=CCNC(=O)OCc1ccccc1. The van der Waals surface area contributed by atoms with Gasteiger partial charge in [-0.25, -0.2) is 4.79 Å². The zero-order valence-corrected chi connectivity index (χ0v) is 14.0. The summed E-state index contributed by atoms with van der Waals surface area (Å²) in [5, 5.41) is 16.2. The molecule has 0 saturated carbocycles. The number of nitrogens with one attached hydrogen (secondary N) is 2. The second kappa shape index (κ2) is 10.3. The number of anilines is 1. The predicted molar refractivity (Wildman–Crippen MR) is 99.0 cm³/mol. The molecule has 7 nitrogen and oxygen atoms in total. The summed E-state index contributed by atoms with van der Waals surface area (Å²) in [6.07, 6.45) is 3.74. The Hall–Kier alpha value is -3.61. The van der Waals surface area contributed by atoms with E-state index in [1.54, 1.807) is 30.4 Å². The van der Waals surface area contributed by atoms with Crippen molar-refractivity contribution < 1.29 is 19.5 Å². The molecule has 7 heteroatoms. The number of ether oxygens (including phenoxy) is 1. The van der Waals surface area contributed by atoms with Crippen LogP contribution in [0.3, 0.4) is 0 Å². The fraction of sp³-hybridized carbons (Fsp3) is 0.105. The van der Waals surface area contributed by atoms with Crippen LogP contribution in [0.5, 0.6) is 0 Å². The van der Waals surface area contributed by atoms with Gasteiger partial charge in [0.1, 0.15) is 12.8 Å². The van der Waals surface area contributed by atoms with Crippen molar-refractivity contribution in [2.24, 2.45) is 5.16 Å². The highest BCUT2D eigenvalue weighted by atomic mass is 16.5. The third kappa shape index (κ3) is 6.48. The maximum Gasteiger partial charge on any atom is 0.407 e. The number of nitrogens with zero attached hydrogens (tertiary/aromatic N) is 1. The van der Waals surface area contributed by atoms with Crippen molar-refractivity contribution in [2.45, 2.75) is 6.61 Å². The lowest BCUT2D eigenvalue weighted by molar-refractivity contribution is -0.110. The van der Waals surface area contributed by atoms with E-state index in [4.69, 9.17) is 9.94 Å². The number of oxime groups is 1. The van der Waals surface area contributed by atoms with Gasteiger partial charge in [-0.2, -0.15) is 0 Å². The first-order valence-electron chi connectivity index (χ1n) is 7.87.